The minimum atomic E-state index is 0. The largest absolute Gasteiger partial charge is 0.349 e. The Morgan fingerprint density at radius 1 is 1.27 bits per heavy atom. The minimum Gasteiger partial charge on any atom is -0.349 e. The maximum Gasteiger partial charge on any atom is 0.222 e. The maximum atomic E-state index is 10.8. The third kappa shape index (κ3) is 10.1. The highest BCUT2D eigenvalue weighted by Gasteiger charge is 2.00. The Morgan fingerprint density at radius 2 is 1.73 bits per heavy atom. The van der Waals surface area contributed by atoms with Gasteiger partial charge in [0.25, 0.3) is 0 Å². The first-order valence-corrected chi connectivity index (χ1v) is 3.38. The molecule has 4 heteroatoms. The molecule has 0 radical (unpaired) electrons. The van der Waals surface area contributed by atoms with Crippen molar-refractivity contribution in [2.45, 2.75) is 26.2 Å². The number of hydrogen-bond donors (Lipinski definition) is 0. The normalized spacial score (nSPS) is 7.55. The van der Waals surface area contributed by atoms with E-state index in [1.54, 1.807) is 19.0 Å². The Kier molecular flexibility index (Phi) is 15.7. The third-order valence-corrected chi connectivity index (χ3v) is 1.24. The van der Waals surface area contributed by atoms with Crippen LogP contribution in [0, 0.1) is 0 Å². The van der Waals surface area contributed by atoms with Crippen LogP contribution in [0.25, 0.3) is 0 Å². The molecule has 2 nitrogen and oxygen atoms in total. The summed E-state index contributed by atoms with van der Waals surface area (Å²) in [6.45, 7) is 2.09. The van der Waals surface area contributed by atoms with E-state index in [1.165, 1.54) is 0 Å². The maximum absolute atomic E-state index is 10.8. The molecule has 0 saturated heterocycles. The molecular weight excluding hydrogens is 185 g/mol. The molecule has 0 spiro atoms. The Hall–Kier alpha value is 0.0500. The predicted octanol–water partition coefficient (Wildman–Crippen LogP) is 2.11. The topological polar surface area (TPSA) is 20.3 Å². The van der Waals surface area contributed by atoms with Crippen LogP contribution in [0.1, 0.15) is 26.2 Å². The van der Waals surface area contributed by atoms with E-state index in [0.29, 0.717) is 6.42 Å². The van der Waals surface area contributed by atoms with Gasteiger partial charge in [0.1, 0.15) is 0 Å². The van der Waals surface area contributed by atoms with Gasteiger partial charge in [-0.3, -0.25) is 4.79 Å². The highest BCUT2D eigenvalue weighted by atomic mass is 35.5. The van der Waals surface area contributed by atoms with Gasteiger partial charge in [0.15, 0.2) is 0 Å². The van der Waals surface area contributed by atoms with Gasteiger partial charge >= 0.3 is 0 Å². The molecule has 0 fully saturated rings. The number of hydrogen-bond acceptors (Lipinski definition) is 1. The Labute approximate surface area is 81.2 Å². The van der Waals surface area contributed by atoms with Crippen LogP contribution < -0.4 is 0 Å². The van der Waals surface area contributed by atoms with Gasteiger partial charge in [0.2, 0.25) is 5.91 Å². The molecule has 0 aromatic heterocycles. The van der Waals surface area contributed by atoms with Gasteiger partial charge in [-0.2, -0.15) is 0 Å². The average Bonchev–Trinajstić information content (AvgIpc) is 1.82. The van der Waals surface area contributed by atoms with Crippen LogP contribution in [0.2, 0.25) is 0 Å². The van der Waals surface area contributed by atoms with Gasteiger partial charge < -0.3 is 4.90 Å². The molecule has 70 valence electrons. The number of halogens is 2. The highest BCUT2D eigenvalue weighted by molar-refractivity contribution is 5.85. The van der Waals surface area contributed by atoms with Crippen LogP contribution in [-0.2, 0) is 4.79 Å². The molecular formula is C7H17Cl2NO. The van der Waals surface area contributed by atoms with Crippen molar-refractivity contribution in [3.63, 3.8) is 0 Å². The first-order valence-electron chi connectivity index (χ1n) is 3.38. The Morgan fingerprint density at radius 3 is 2.00 bits per heavy atom. The molecule has 0 atom stereocenters. The van der Waals surface area contributed by atoms with E-state index in [9.17, 15) is 4.79 Å². The molecule has 0 heterocycles. The van der Waals surface area contributed by atoms with Gasteiger partial charge in [-0.1, -0.05) is 13.3 Å². The predicted molar refractivity (Wildman–Crippen MR) is 52.7 cm³/mol. The Bertz CT molecular complexity index is 96.4. The molecule has 0 saturated carbocycles. The summed E-state index contributed by atoms with van der Waals surface area (Å²) < 4.78 is 0. The summed E-state index contributed by atoms with van der Waals surface area (Å²) in [5.41, 5.74) is 0. The number of carbonyl (C=O) groups excluding carboxylic acids is 1. The smallest absolute Gasteiger partial charge is 0.222 e. The first-order chi connectivity index (χ1) is 4.18. The van der Waals surface area contributed by atoms with Crippen LogP contribution in [0.4, 0.5) is 0 Å². The number of rotatable bonds is 3. The lowest BCUT2D eigenvalue weighted by atomic mass is 10.2. The Balaban J connectivity index is -0.000000320. The minimum absolute atomic E-state index is 0. The van der Waals surface area contributed by atoms with Crippen LogP contribution >= 0.6 is 24.8 Å². The van der Waals surface area contributed by atoms with Crippen molar-refractivity contribution in [1.29, 1.82) is 0 Å². The van der Waals surface area contributed by atoms with E-state index in [1.807, 2.05) is 0 Å². The third-order valence-electron chi connectivity index (χ3n) is 1.24. The second-order valence-electron chi connectivity index (χ2n) is 2.39. The van der Waals surface area contributed by atoms with Crippen molar-refractivity contribution in [3.05, 3.63) is 0 Å². The summed E-state index contributed by atoms with van der Waals surface area (Å²) >= 11 is 0. The second kappa shape index (κ2) is 10.0. The molecule has 0 aromatic rings. The number of nitrogens with zero attached hydrogens (tertiary/aromatic N) is 1. The zero-order valence-electron chi connectivity index (χ0n) is 7.29. The van der Waals surface area contributed by atoms with Crippen molar-refractivity contribution >= 4 is 30.7 Å². The second-order valence-corrected chi connectivity index (χ2v) is 2.39. The van der Waals surface area contributed by atoms with Crippen molar-refractivity contribution in [2.24, 2.45) is 0 Å². The fourth-order valence-electron chi connectivity index (χ4n) is 0.552. The lowest BCUT2D eigenvalue weighted by Crippen LogP contribution is -2.20. The van der Waals surface area contributed by atoms with Crippen LogP contribution in [0.15, 0.2) is 0 Å². The first kappa shape index (κ1) is 17.2. The number of unbranched alkanes of at least 4 members (excludes halogenated alkanes) is 1. The zero-order chi connectivity index (χ0) is 7.28. The highest BCUT2D eigenvalue weighted by Crippen LogP contribution is 1.95. The molecule has 0 aromatic carbocycles. The van der Waals surface area contributed by atoms with E-state index >= 15 is 0 Å². The van der Waals surface area contributed by atoms with Crippen LogP contribution in [-0.4, -0.2) is 24.9 Å². The average molecular weight is 202 g/mol. The van der Waals surface area contributed by atoms with E-state index < -0.39 is 0 Å². The molecule has 0 unspecified atom stereocenters. The van der Waals surface area contributed by atoms with E-state index in [2.05, 4.69) is 6.92 Å². The summed E-state index contributed by atoms with van der Waals surface area (Å²) in [6, 6.07) is 0. The monoisotopic (exact) mass is 201 g/mol. The van der Waals surface area contributed by atoms with Crippen molar-refractivity contribution in [3.8, 4) is 0 Å². The van der Waals surface area contributed by atoms with E-state index in [4.69, 9.17) is 0 Å². The molecule has 1 amide bonds. The summed E-state index contributed by atoms with van der Waals surface area (Å²) in [7, 11) is 3.58. The quantitative estimate of drug-likeness (QED) is 0.686. The molecule has 0 aliphatic heterocycles. The van der Waals surface area contributed by atoms with Gasteiger partial charge in [0, 0.05) is 20.5 Å². The summed E-state index contributed by atoms with van der Waals surface area (Å²) in [5.74, 6) is 0.233. The van der Waals surface area contributed by atoms with Crippen molar-refractivity contribution < 1.29 is 4.79 Å². The number of carbonyl (C=O) groups is 1. The summed E-state index contributed by atoms with van der Waals surface area (Å²) in [6.07, 6.45) is 2.81. The van der Waals surface area contributed by atoms with E-state index in [-0.39, 0.29) is 30.7 Å². The molecule has 0 rings (SSSR count). The van der Waals surface area contributed by atoms with Gasteiger partial charge in [0.05, 0.1) is 0 Å². The van der Waals surface area contributed by atoms with Gasteiger partial charge in [-0.15, -0.1) is 24.8 Å². The number of amides is 1. The van der Waals surface area contributed by atoms with Crippen LogP contribution in [0.3, 0.4) is 0 Å². The van der Waals surface area contributed by atoms with Gasteiger partial charge in [-0.25, -0.2) is 0 Å². The lowest BCUT2D eigenvalue weighted by Gasteiger charge is -2.08. The molecule has 0 aliphatic carbocycles. The fraction of sp³-hybridized carbons (Fsp3) is 0.857. The zero-order valence-corrected chi connectivity index (χ0v) is 8.93. The molecule has 11 heavy (non-hydrogen) atoms. The fourth-order valence-corrected chi connectivity index (χ4v) is 0.552. The SMILES string of the molecule is CCCCC(=O)N(C)C.Cl.Cl. The van der Waals surface area contributed by atoms with Crippen molar-refractivity contribution in [2.75, 3.05) is 14.1 Å². The van der Waals surface area contributed by atoms with E-state index in [0.717, 1.165) is 12.8 Å². The molecule has 0 N–H and O–H groups in total. The van der Waals surface area contributed by atoms with Gasteiger partial charge in [-0.05, 0) is 6.42 Å². The molecule has 0 aliphatic rings. The summed E-state index contributed by atoms with van der Waals surface area (Å²) in [5, 5.41) is 0. The van der Waals surface area contributed by atoms with Crippen LogP contribution in [0.5, 0.6) is 0 Å². The molecule has 0 bridgehead atoms. The standard InChI is InChI=1S/C7H15NO.2ClH/c1-4-5-6-7(9)8(2)3;;/h4-6H2,1-3H3;2*1H. The van der Waals surface area contributed by atoms with Crippen molar-refractivity contribution in [1.82, 2.24) is 4.90 Å². The lowest BCUT2D eigenvalue weighted by molar-refractivity contribution is -0.128. The summed E-state index contributed by atoms with van der Waals surface area (Å²) in [4.78, 5) is 12.5.